The molecule has 1 saturated heterocycles. The van der Waals surface area contributed by atoms with Gasteiger partial charge < -0.3 is 10.1 Å². The molecule has 0 bridgehead atoms. The summed E-state index contributed by atoms with van der Waals surface area (Å²) in [5.74, 6) is -0.0418. The van der Waals surface area contributed by atoms with Gasteiger partial charge in [-0.2, -0.15) is 0 Å². The zero-order valence-corrected chi connectivity index (χ0v) is 16.3. The van der Waals surface area contributed by atoms with Gasteiger partial charge in [-0.05, 0) is 42.0 Å². The molecular weight excluding hydrogens is 381 g/mol. The van der Waals surface area contributed by atoms with E-state index in [4.69, 9.17) is 4.74 Å². The van der Waals surface area contributed by atoms with Crippen LogP contribution in [0.3, 0.4) is 0 Å². The molecule has 3 rings (SSSR count). The number of nitrogens with one attached hydrogen (secondary N) is 1. The van der Waals surface area contributed by atoms with Crippen LogP contribution in [0.5, 0.6) is 5.75 Å². The number of carbonyl (C=O) groups excluding carboxylic acids is 2. The second-order valence-corrected chi connectivity index (χ2v) is 7.37. The number of amidine groups is 1. The Kier molecular flexibility index (Phi) is 6.30. The van der Waals surface area contributed by atoms with Crippen molar-refractivity contribution >= 4 is 34.4 Å². The predicted octanol–water partition coefficient (Wildman–Crippen LogP) is 3.10. The fourth-order valence-corrected chi connectivity index (χ4v) is 3.66. The van der Waals surface area contributed by atoms with Crippen LogP contribution in [0.1, 0.15) is 12.0 Å². The highest BCUT2D eigenvalue weighted by molar-refractivity contribution is 8.15. The van der Waals surface area contributed by atoms with Crippen LogP contribution in [-0.4, -0.2) is 41.3 Å². The number of carbonyl (C=O) groups is 2. The van der Waals surface area contributed by atoms with Crippen molar-refractivity contribution in [2.45, 2.75) is 18.2 Å². The normalized spacial score (nSPS) is 18.2. The highest BCUT2D eigenvalue weighted by Crippen LogP contribution is 2.28. The van der Waals surface area contributed by atoms with Crippen molar-refractivity contribution in [3.63, 3.8) is 0 Å². The number of ether oxygens (including phenoxy) is 1. The molecule has 2 aromatic rings. The van der Waals surface area contributed by atoms with Crippen LogP contribution >= 0.6 is 11.8 Å². The van der Waals surface area contributed by atoms with E-state index in [9.17, 15) is 14.0 Å². The molecule has 1 unspecified atom stereocenters. The molecule has 1 fully saturated rings. The molecule has 8 heteroatoms. The summed E-state index contributed by atoms with van der Waals surface area (Å²) in [4.78, 5) is 30.8. The zero-order valence-electron chi connectivity index (χ0n) is 15.5. The minimum Gasteiger partial charge on any atom is -0.497 e. The van der Waals surface area contributed by atoms with Gasteiger partial charge in [-0.1, -0.05) is 23.9 Å². The number of thioether (sulfide) groups is 1. The minimum atomic E-state index is -0.568. The van der Waals surface area contributed by atoms with E-state index in [1.165, 1.54) is 28.8 Å². The lowest BCUT2D eigenvalue weighted by Gasteiger charge is -2.28. The van der Waals surface area contributed by atoms with Gasteiger partial charge in [0, 0.05) is 20.0 Å². The van der Waals surface area contributed by atoms with Crippen LogP contribution in [0.15, 0.2) is 53.5 Å². The second kappa shape index (κ2) is 8.88. The minimum absolute atomic E-state index is 0.0953. The van der Waals surface area contributed by atoms with Crippen molar-refractivity contribution < 1.29 is 18.7 Å². The lowest BCUT2D eigenvalue weighted by Crippen LogP contribution is -2.44. The number of halogens is 1. The van der Waals surface area contributed by atoms with E-state index >= 15 is 0 Å². The van der Waals surface area contributed by atoms with Crippen molar-refractivity contribution in [1.82, 2.24) is 10.2 Å². The van der Waals surface area contributed by atoms with Crippen LogP contribution in [0.25, 0.3) is 0 Å². The Labute approximate surface area is 166 Å². The highest BCUT2D eigenvalue weighted by atomic mass is 32.2. The number of aliphatic imine (C=N–C) groups is 1. The van der Waals surface area contributed by atoms with Crippen LogP contribution < -0.4 is 10.1 Å². The van der Waals surface area contributed by atoms with Crippen molar-refractivity contribution in [1.29, 1.82) is 0 Å². The fourth-order valence-electron chi connectivity index (χ4n) is 2.57. The SMILES string of the molecule is COc1ccc(N=C2SC(C(=O)NCc3ccc(F)cc3)CC(=O)N2C)cc1. The number of rotatable bonds is 5. The van der Waals surface area contributed by atoms with Crippen molar-refractivity contribution in [2.75, 3.05) is 14.2 Å². The van der Waals surface area contributed by atoms with Gasteiger partial charge in [0.15, 0.2) is 5.17 Å². The third-order valence-electron chi connectivity index (χ3n) is 4.24. The average Bonchev–Trinajstić information content (AvgIpc) is 2.71. The maximum Gasteiger partial charge on any atom is 0.234 e. The molecular formula is C20H20FN3O3S. The Morgan fingerprint density at radius 1 is 1.25 bits per heavy atom. The molecule has 2 aromatic carbocycles. The van der Waals surface area contributed by atoms with Crippen molar-refractivity contribution in [2.24, 2.45) is 4.99 Å². The maximum absolute atomic E-state index is 13.0. The Bertz CT molecular complexity index is 885. The van der Waals surface area contributed by atoms with E-state index in [0.717, 1.165) is 5.56 Å². The third-order valence-corrected chi connectivity index (χ3v) is 5.48. The summed E-state index contributed by atoms with van der Waals surface area (Å²) in [6, 6.07) is 13.0. The van der Waals surface area contributed by atoms with E-state index in [2.05, 4.69) is 10.3 Å². The largest absolute Gasteiger partial charge is 0.497 e. The number of amides is 2. The summed E-state index contributed by atoms with van der Waals surface area (Å²) in [7, 11) is 3.23. The number of nitrogens with zero attached hydrogens (tertiary/aromatic N) is 2. The van der Waals surface area contributed by atoms with Crippen LogP contribution in [-0.2, 0) is 16.1 Å². The van der Waals surface area contributed by atoms with Crippen LogP contribution in [0, 0.1) is 5.82 Å². The first-order valence-corrected chi connectivity index (χ1v) is 9.52. The van der Waals surface area contributed by atoms with Crippen molar-refractivity contribution in [3.05, 3.63) is 59.9 Å². The molecule has 0 radical (unpaired) electrons. The quantitative estimate of drug-likeness (QED) is 0.836. The molecule has 1 aliphatic heterocycles. The lowest BCUT2D eigenvalue weighted by molar-refractivity contribution is -0.129. The number of benzene rings is 2. The molecule has 0 aromatic heterocycles. The topological polar surface area (TPSA) is 71.0 Å². The smallest absolute Gasteiger partial charge is 0.234 e. The van der Waals surface area contributed by atoms with Gasteiger partial charge in [0.1, 0.15) is 11.6 Å². The van der Waals surface area contributed by atoms with E-state index in [-0.39, 0.29) is 30.6 Å². The van der Waals surface area contributed by atoms with Gasteiger partial charge in [0.25, 0.3) is 0 Å². The number of methoxy groups -OCH3 is 1. The molecule has 0 saturated carbocycles. The first-order valence-electron chi connectivity index (χ1n) is 8.64. The standard InChI is InChI=1S/C20H20FN3O3S/c1-24-18(25)11-17(19(26)22-12-13-3-5-14(21)6-4-13)28-20(24)23-15-7-9-16(27-2)10-8-15/h3-10,17H,11-12H2,1-2H3,(H,22,26). The van der Waals surface area contributed by atoms with E-state index in [0.29, 0.717) is 16.6 Å². The van der Waals surface area contributed by atoms with Gasteiger partial charge in [-0.25, -0.2) is 9.38 Å². The first-order chi connectivity index (χ1) is 13.5. The van der Waals surface area contributed by atoms with Crippen LogP contribution in [0.4, 0.5) is 10.1 Å². The summed E-state index contributed by atoms with van der Waals surface area (Å²) in [5, 5.41) is 2.69. The Morgan fingerprint density at radius 2 is 1.93 bits per heavy atom. The molecule has 1 heterocycles. The monoisotopic (exact) mass is 401 g/mol. The molecule has 1 aliphatic rings. The number of hydrogen-bond donors (Lipinski definition) is 1. The summed E-state index contributed by atoms with van der Waals surface area (Å²) < 4.78 is 18.1. The molecule has 0 spiro atoms. The van der Waals surface area contributed by atoms with Crippen molar-refractivity contribution in [3.8, 4) is 5.75 Å². The Hall–Kier alpha value is -2.87. The van der Waals surface area contributed by atoms with Gasteiger partial charge in [-0.3, -0.25) is 14.5 Å². The molecule has 28 heavy (non-hydrogen) atoms. The fraction of sp³-hybridized carbons (Fsp3) is 0.250. The Morgan fingerprint density at radius 3 is 2.57 bits per heavy atom. The third kappa shape index (κ3) is 4.89. The first kappa shape index (κ1) is 19.9. The van der Waals surface area contributed by atoms with Gasteiger partial charge in [0.05, 0.1) is 18.0 Å². The van der Waals surface area contributed by atoms with Gasteiger partial charge in [0.2, 0.25) is 11.8 Å². The Balaban J connectivity index is 1.68. The van der Waals surface area contributed by atoms with Gasteiger partial charge in [-0.15, -0.1) is 0 Å². The van der Waals surface area contributed by atoms with E-state index in [1.54, 1.807) is 50.6 Å². The molecule has 2 amide bonds. The summed E-state index contributed by atoms with van der Waals surface area (Å²) >= 11 is 1.25. The van der Waals surface area contributed by atoms with Gasteiger partial charge >= 0.3 is 0 Å². The zero-order chi connectivity index (χ0) is 20.1. The molecule has 1 N–H and O–H groups in total. The highest BCUT2D eigenvalue weighted by Gasteiger charge is 2.33. The van der Waals surface area contributed by atoms with Crippen LogP contribution in [0.2, 0.25) is 0 Å². The predicted molar refractivity (Wildman–Crippen MR) is 107 cm³/mol. The summed E-state index contributed by atoms with van der Waals surface area (Å²) in [5.41, 5.74) is 1.45. The summed E-state index contributed by atoms with van der Waals surface area (Å²) in [6.07, 6.45) is 0.0953. The molecule has 6 nitrogen and oxygen atoms in total. The second-order valence-electron chi connectivity index (χ2n) is 6.20. The van der Waals surface area contributed by atoms with E-state index < -0.39 is 5.25 Å². The molecule has 146 valence electrons. The maximum atomic E-state index is 13.0. The molecule has 1 atom stereocenters. The lowest BCUT2D eigenvalue weighted by atomic mass is 10.2. The average molecular weight is 401 g/mol. The molecule has 0 aliphatic carbocycles. The summed E-state index contributed by atoms with van der Waals surface area (Å²) in [6.45, 7) is 0.269. The van der Waals surface area contributed by atoms with E-state index in [1.807, 2.05) is 0 Å². The number of hydrogen-bond acceptors (Lipinski definition) is 5.